The lowest BCUT2D eigenvalue weighted by Gasteiger charge is -2.27. The number of rotatable bonds is 1. The maximum absolute atomic E-state index is 12.6. The molecule has 18 heavy (non-hydrogen) atoms. The molecule has 0 amide bonds. The smallest absolute Gasteiger partial charge is 0.201 e. The zero-order valence-electron chi connectivity index (χ0n) is 11.0. The summed E-state index contributed by atoms with van der Waals surface area (Å²) in [7, 11) is 0. The molecule has 3 rings (SSSR count). The van der Waals surface area contributed by atoms with Crippen molar-refractivity contribution in [2.75, 3.05) is 0 Å². The predicted octanol–water partition coefficient (Wildman–Crippen LogP) is 3.36. The van der Waals surface area contributed by atoms with Gasteiger partial charge in [-0.15, -0.1) is 0 Å². The van der Waals surface area contributed by atoms with Crippen LogP contribution in [-0.2, 0) is 0 Å². The molecule has 1 aliphatic heterocycles. The van der Waals surface area contributed by atoms with Crippen LogP contribution in [0.15, 0.2) is 42.5 Å². The summed E-state index contributed by atoms with van der Waals surface area (Å²) < 4.78 is 1.25. The average Bonchev–Trinajstić information content (AvgIpc) is 2.59. The number of hydrogen-bond donors (Lipinski definition) is 0. The molecule has 1 aromatic carbocycles. The molecule has 2 heteroatoms. The Morgan fingerprint density at radius 2 is 1.94 bits per heavy atom. The molecule has 2 aliphatic rings. The lowest BCUT2D eigenvalue weighted by molar-refractivity contribution is -0.485. The van der Waals surface area contributed by atoms with Gasteiger partial charge >= 0.3 is 0 Å². The molecule has 0 unspecified atom stereocenters. The maximum Gasteiger partial charge on any atom is 0.201 e. The van der Waals surface area contributed by atoms with E-state index in [4.69, 9.17) is 0 Å². The fourth-order valence-corrected chi connectivity index (χ4v) is 3.55. The van der Waals surface area contributed by atoms with Crippen LogP contribution in [0, 0.1) is 16.5 Å². The standard InChI is InChI=1S/C16H19NO/c1-16(2)13-10-6-7-11-14(13)17(18)15(16)12-8-4-3-5-9-12/h3-5,7-9,11,13-14H,6,10H2,1-2H3/t13-,14+/m1/s1. The second-order valence-electron chi connectivity index (χ2n) is 5.86. The summed E-state index contributed by atoms with van der Waals surface area (Å²) in [6.45, 7) is 4.42. The molecular formula is C16H19NO. The van der Waals surface area contributed by atoms with Crippen LogP contribution in [0.3, 0.4) is 0 Å². The Balaban J connectivity index is 2.13. The van der Waals surface area contributed by atoms with Gasteiger partial charge < -0.3 is 5.21 Å². The van der Waals surface area contributed by atoms with Gasteiger partial charge in [-0.1, -0.05) is 24.3 Å². The van der Waals surface area contributed by atoms with Crippen molar-refractivity contribution in [3.63, 3.8) is 0 Å². The predicted molar refractivity (Wildman–Crippen MR) is 73.6 cm³/mol. The van der Waals surface area contributed by atoms with Gasteiger partial charge in [-0.2, -0.15) is 0 Å². The van der Waals surface area contributed by atoms with Crippen molar-refractivity contribution in [3.8, 4) is 0 Å². The third kappa shape index (κ3) is 1.52. The molecule has 0 radical (unpaired) electrons. The van der Waals surface area contributed by atoms with Gasteiger partial charge in [-0.05, 0) is 44.9 Å². The minimum atomic E-state index is -0.0431. The minimum Gasteiger partial charge on any atom is -0.623 e. The Labute approximate surface area is 108 Å². The molecule has 0 saturated heterocycles. The van der Waals surface area contributed by atoms with Crippen molar-refractivity contribution in [3.05, 3.63) is 53.3 Å². The zero-order valence-corrected chi connectivity index (χ0v) is 11.0. The Morgan fingerprint density at radius 1 is 1.22 bits per heavy atom. The van der Waals surface area contributed by atoms with Crippen molar-refractivity contribution in [2.24, 2.45) is 11.3 Å². The van der Waals surface area contributed by atoms with Gasteiger partial charge in [0.25, 0.3) is 0 Å². The van der Waals surface area contributed by atoms with Crippen LogP contribution in [0.1, 0.15) is 32.3 Å². The van der Waals surface area contributed by atoms with E-state index in [1.54, 1.807) is 0 Å². The Kier molecular flexibility index (Phi) is 2.54. The molecule has 0 bridgehead atoms. The van der Waals surface area contributed by atoms with Crippen molar-refractivity contribution in [1.29, 1.82) is 0 Å². The summed E-state index contributed by atoms with van der Waals surface area (Å²) >= 11 is 0. The van der Waals surface area contributed by atoms with Crippen LogP contribution < -0.4 is 0 Å². The number of nitrogens with zero attached hydrogens (tertiary/aromatic N) is 1. The van der Waals surface area contributed by atoms with Crippen LogP contribution in [0.2, 0.25) is 0 Å². The highest BCUT2D eigenvalue weighted by atomic mass is 16.5. The lowest BCUT2D eigenvalue weighted by atomic mass is 9.70. The van der Waals surface area contributed by atoms with Gasteiger partial charge in [-0.25, -0.2) is 4.74 Å². The maximum atomic E-state index is 12.6. The zero-order chi connectivity index (χ0) is 12.8. The van der Waals surface area contributed by atoms with Crippen LogP contribution in [0.4, 0.5) is 0 Å². The summed E-state index contributed by atoms with van der Waals surface area (Å²) in [4.78, 5) is 0. The first-order valence-electron chi connectivity index (χ1n) is 6.68. The molecule has 2 nitrogen and oxygen atoms in total. The lowest BCUT2D eigenvalue weighted by Crippen LogP contribution is -2.32. The number of allylic oxidation sites excluding steroid dienone is 1. The first kappa shape index (κ1) is 11.5. The molecule has 0 N–H and O–H groups in total. The molecule has 1 aliphatic carbocycles. The molecule has 0 saturated carbocycles. The number of hydroxylamine groups is 1. The second-order valence-corrected chi connectivity index (χ2v) is 5.86. The number of fused-ring (bicyclic) bond motifs is 1. The molecular weight excluding hydrogens is 222 g/mol. The number of benzene rings is 1. The van der Waals surface area contributed by atoms with Crippen molar-refractivity contribution >= 4 is 5.71 Å². The second kappa shape index (κ2) is 3.98. The SMILES string of the molecule is CC1(C)C(c2ccccc2)=[N+]([O-])[C@H]2C=CCC[C@H]21. The fourth-order valence-electron chi connectivity index (χ4n) is 3.55. The summed E-state index contributed by atoms with van der Waals surface area (Å²) in [5.74, 6) is 0.440. The van der Waals surface area contributed by atoms with E-state index in [9.17, 15) is 5.21 Å². The van der Waals surface area contributed by atoms with E-state index in [0.717, 1.165) is 24.1 Å². The van der Waals surface area contributed by atoms with Gasteiger partial charge in [0.05, 0.1) is 5.41 Å². The Bertz CT molecular complexity index is 513. The van der Waals surface area contributed by atoms with Gasteiger partial charge in [-0.3, -0.25) is 0 Å². The summed E-state index contributed by atoms with van der Waals surface area (Å²) in [6, 6.07) is 10.1. The van der Waals surface area contributed by atoms with E-state index < -0.39 is 0 Å². The van der Waals surface area contributed by atoms with Gasteiger partial charge in [0.1, 0.15) is 0 Å². The van der Waals surface area contributed by atoms with Crippen molar-refractivity contribution < 1.29 is 4.74 Å². The summed E-state index contributed by atoms with van der Waals surface area (Å²) in [6.07, 6.45) is 6.46. The molecule has 1 aromatic rings. The highest BCUT2D eigenvalue weighted by Crippen LogP contribution is 2.44. The van der Waals surface area contributed by atoms with Gasteiger partial charge in [0, 0.05) is 11.5 Å². The quantitative estimate of drug-likeness (QED) is 0.420. The fraction of sp³-hybridized carbons (Fsp3) is 0.438. The molecule has 94 valence electrons. The van der Waals surface area contributed by atoms with E-state index in [1.165, 1.54) is 4.74 Å². The molecule has 0 spiro atoms. The van der Waals surface area contributed by atoms with E-state index in [2.05, 4.69) is 26.0 Å². The van der Waals surface area contributed by atoms with Crippen LogP contribution in [-0.4, -0.2) is 16.5 Å². The van der Waals surface area contributed by atoms with Crippen molar-refractivity contribution in [1.82, 2.24) is 0 Å². The first-order valence-corrected chi connectivity index (χ1v) is 6.68. The Morgan fingerprint density at radius 3 is 2.61 bits per heavy atom. The third-order valence-electron chi connectivity index (χ3n) is 4.47. The molecule has 2 atom stereocenters. The summed E-state index contributed by atoms with van der Waals surface area (Å²) in [5, 5.41) is 12.6. The molecule has 1 heterocycles. The van der Waals surface area contributed by atoms with Gasteiger partial charge in [0.15, 0.2) is 6.04 Å². The first-order chi connectivity index (χ1) is 8.62. The van der Waals surface area contributed by atoms with E-state index in [1.807, 2.05) is 30.3 Å². The number of hydrogen-bond acceptors (Lipinski definition) is 1. The molecule has 0 fully saturated rings. The topological polar surface area (TPSA) is 26.1 Å². The minimum absolute atomic E-state index is 0.0314. The van der Waals surface area contributed by atoms with Crippen LogP contribution >= 0.6 is 0 Å². The Hall–Kier alpha value is -1.57. The van der Waals surface area contributed by atoms with Crippen molar-refractivity contribution in [2.45, 2.75) is 32.7 Å². The summed E-state index contributed by atoms with van der Waals surface area (Å²) in [5.41, 5.74) is 1.98. The average molecular weight is 241 g/mol. The largest absolute Gasteiger partial charge is 0.623 e. The monoisotopic (exact) mass is 241 g/mol. The molecule has 0 aromatic heterocycles. The van der Waals surface area contributed by atoms with E-state index in [0.29, 0.717) is 5.92 Å². The third-order valence-corrected chi connectivity index (χ3v) is 4.47. The van der Waals surface area contributed by atoms with Gasteiger partial charge in [0.2, 0.25) is 5.71 Å². The highest BCUT2D eigenvalue weighted by molar-refractivity contribution is 6.02. The normalized spacial score (nSPS) is 29.4. The van der Waals surface area contributed by atoms with Crippen LogP contribution in [0.5, 0.6) is 0 Å². The highest BCUT2D eigenvalue weighted by Gasteiger charge is 2.53. The van der Waals surface area contributed by atoms with Crippen LogP contribution in [0.25, 0.3) is 0 Å². The van der Waals surface area contributed by atoms with E-state index >= 15 is 0 Å². The van der Waals surface area contributed by atoms with E-state index in [-0.39, 0.29) is 11.5 Å².